The third-order valence-corrected chi connectivity index (χ3v) is 4.77. The Morgan fingerprint density at radius 3 is 2.86 bits per heavy atom. The minimum Gasteiger partial charge on any atom is -0.445 e. The third-order valence-electron chi connectivity index (χ3n) is 4.77. The molecule has 3 heterocycles. The van der Waals surface area contributed by atoms with Gasteiger partial charge >= 0.3 is 6.03 Å². The van der Waals surface area contributed by atoms with Gasteiger partial charge in [0.1, 0.15) is 11.3 Å². The molecule has 7 nitrogen and oxygen atoms in total. The van der Waals surface area contributed by atoms with Gasteiger partial charge in [0, 0.05) is 19.5 Å². The highest BCUT2D eigenvalue weighted by molar-refractivity contribution is 6.06. The molecule has 0 aliphatic carbocycles. The van der Waals surface area contributed by atoms with E-state index in [0.717, 1.165) is 31.7 Å². The van der Waals surface area contributed by atoms with Crippen LogP contribution >= 0.6 is 0 Å². The van der Waals surface area contributed by atoms with Gasteiger partial charge in [-0.3, -0.25) is 14.6 Å². The second kappa shape index (κ2) is 5.39. The topological polar surface area (TPSA) is 78.7 Å². The monoisotopic (exact) mass is 306 g/mol. The van der Waals surface area contributed by atoms with Crippen molar-refractivity contribution in [1.29, 1.82) is 0 Å². The second-order valence-electron chi connectivity index (χ2n) is 6.44. The lowest BCUT2D eigenvalue weighted by molar-refractivity contribution is -0.132. The fraction of sp³-hybridized carbons (Fsp3) is 0.667. The van der Waals surface area contributed by atoms with Crippen LogP contribution in [0.4, 0.5) is 4.79 Å². The number of aromatic nitrogens is 1. The Balaban J connectivity index is 1.70. The molecule has 2 saturated heterocycles. The number of likely N-dealkylation sites (N-methyl/N-ethyl adjacent to an activating group) is 1. The summed E-state index contributed by atoms with van der Waals surface area (Å²) in [6.07, 6.45) is 3.64. The fourth-order valence-electron chi connectivity index (χ4n) is 3.41. The summed E-state index contributed by atoms with van der Waals surface area (Å²) in [6, 6.07) is -0.312. The van der Waals surface area contributed by atoms with Crippen LogP contribution in [-0.2, 0) is 11.3 Å². The summed E-state index contributed by atoms with van der Waals surface area (Å²) in [5.41, 5.74) is -0.809. The average Bonchev–Trinajstić information content (AvgIpc) is 2.98. The predicted octanol–water partition coefficient (Wildman–Crippen LogP) is 1.14. The van der Waals surface area contributed by atoms with E-state index in [4.69, 9.17) is 4.42 Å². The van der Waals surface area contributed by atoms with E-state index in [2.05, 4.69) is 15.2 Å². The molecule has 2 fully saturated rings. The van der Waals surface area contributed by atoms with E-state index in [9.17, 15) is 9.59 Å². The van der Waals surface area contributed by atoms with Crippen LogP contribution in [0.25, 0.3) is 0 Å². The van der Waals surface area contributed by atoms with Crippen molar-refractivity contribution in [1.82, 2.24) is 20.1 Å². The molecular weight excluding hydrogens is 284 g/mol. The quantitative estimate of drug-likeness (QED) is 0.847. The molecule has 0 unspecified atom stereocenters. The normalized spacial score (nSPS) is 30.0. The first-order valence-corrected chi connectivity index (χ1v) is 7.64. The number of aryl methyl sites for hydroxylation is 1. The summed E-state index contributed by atoms with van der Waals surface area (Å²) < 4.78 is 5.53. The van der Waals surface area contributed by atoms with Gasteiger partial charge in [-0.15, -0.1) is 0 Å². The third kappa shape index (κ3) is 2.49. The number of piperidine rings is 1. The van der Waals surface area contributed by atoms with Crippen LogP contribution in [-0.4, -0.2) is 52.4 Å². The van der Waals surface area contributed by atoms with Crippen molar-refractivity contribution in [3.8, 4) is 0 Å². The predicted molar refractivity (Wildman–Crippen MR) is 78.9 cm³/mol. The molecule has 3 rings (SSSR count). The van der Waals surface area contributed by atoms with E-state index in [0.29, 0.717) is 12.4 Å². The number of likely N-dealkylation sites (tertiary alicyclic amines) is 1. The molecule has 22 heavy (non-hydrogen) atoms. The Bertz CT molecular complexity index is 599. The molecule has 1 aromatic heterocycles. The van der Waals surface area contributed by atoms with Crippen molar-refractivity contribution >= 4 is 11.9 Å². The number of amides is 3. The molecule has 0 spiro atoms. The van der Waals surface area contributed by atoms with Crippen LogP contribution in [0.5, 0.6) is 0 Å². The van der Waals surface area contributed by atoms with E-state index in [1.165, 1.54) is 11.9 Å². The van der Waals surface area contributed by atoms with E-state index >= 15 is 0 Å². The molecule has 0 saturated carbocycles. The minimum absolute atomic E-state index is 0.0960. The van der Waals surface area contributed by atoms with Gasteiger partial charge in [0.15, 0.2) is 0 Å². The van der Waals surface area contributed by atoms with Gasteiger partial charge in [0.25, 0.3) is 5.91 Å². The number of urea groups is 1. The van der Waals surface area contributed by atoms with Crippen molar-refractivity contribution < 1.29 is 14.0 Å². The second-order valence-corrected chi connectivity index (χ2v) is 6.44. The number of hydrogen-bond acceptors (Lipinski definition) is 5. The van der Waals surface area contributed by atoms with E-state index in [-0.39, 0.29) is 17.9 Å². The van der Waals surface area contributed by atoms with Gasteiger partial charge in [-0.05, 0) is 33.2 Å². The van der Waals surface area contributed by atoms with E-state index < -0.39 is 5.54 Å². The minimum atomic E-state index is -0.809. The first-order chi connectivity index (χ1) is 10.4. The molecule has 2 atom stereocenters. The largest absolute Gasteiger partial charge is 0.445 e. The SMILES string of the molecule is Cc1cnc(CN2CCC[C@@H]([C@@]3(C)NC(=O)N(C)C3=O)C2)o1. The number of carbonyl (C=O) groups excluding carboxylic acids is 2. The average molecular weight is 306 g/mol. The van der Waals surface area contributed by atoms with Gasteiger partial charge in [-0.1, -0.05) is 0 Å². The number of hydrogen-bond donors (Lipinski definition) is 1. The Labute approximate surface area is 129 Å². The summed E-state index contributed by atoms with van der Waals surface area (Å²) in [5, 5.41) is 2.86. The summed E-state index contributed by atoms with van der Waals surface area (Å²) in [7, 11) is 1.53. The van der Waals surface area contributed by atoms with Crippen molar-refractivity contribution in [3.63, 3.8) is 0 Å². The van der Waals surface area contributed by atoms with Gasteiger partial charge < -0.3 is 9.73 Å². The number of oxazole rings is 1. The zero-order valence-electron chi connectivity index (χ0n) is 13.3. The van der Waals surface area contributed by atoms with Crippen LogP contribution in [0.15, 0.2) is 10.6 Å². The highest BCUT2D eigenvalue weighted by Gasteiger charge is 2.51. The van der Waals surface area contributed by atoms with E-state index in [1.54, 1.807) is 6.20 Å². The Morgan fingerprint density at radius 1 is 1.50 bits per heavy atom. The van der Waals surface area contributed by atoms with Gasteiger partial charge in [0.2, 0.25) is 5.89 Å². The zero-order chi connectivity index (χ0) is 15.9. The lowest BCUT2D eigenvalue weighted by Crippen LogP contribution is -2.55. The molecular formula is C15H22N4O3. The van der Waals surface area contributed by atoms with Crippen LogP contribution in [0.2, 0.25) is 0 Å². The Morgan fingerprint density at radius 2 is 2.27 bits per heavy atom. The maximum Gasteiger partial charge on any atom is 0.324 e. The first kappa shape index (κ1) is 15.0. The Kier molecular flexibility index (Phi) is 3.68. The number of imide groups is 1. The lowest BCUT2D eigenvalue weighted by Gasteiger charge is -2.39. The lowest BCUT2D eigenvalue weighted by atomic mass is 9.80. The maximum absolute atomic E-state index is 12.4. The molecule has 1 N–H and O–H groups in total. The van der Waals surface area contributed by atoms with E-state index in [1.807, 2.05) is 13.8 Å². The maximum atomic E-state index is 12.4. The molecule has 2 aliphatic heterocycles. The van der Waals surface area contributed by atoms with Crippen molar-refractivity contribution in [2.75, 3.05) is 20.1 Å². The van der Waals surface area contributed by atoms with Crippen molar-refractivity contribution in [2.45, 2.75) is 38.8 Å². The summed E-state index contributed by atoms with van der Waals surface area (Å²) in [6.45, 7) is 6.04. The number of carbonyl (C=O) groups is 2. The molecule has 1 aromatic rings. The van der Waals surface area contributed by atoms with Gasteiger partial charge in [-0.25, -0.2) is 9.78 Å². The molecule has 0 aromatic carbocycles. The highest BCUT2D eigenvalue weighted by Crippen LogP contribution is 2.32. The number of nitrogens with one attached hydrogen (secondary N) is 1. The summed E-state index contributed by atoms with van der Waals surface area (Å²) in [5.74, 6) is 1.45. The summed E-state index contributed by atoms with van der Waals surface area (Å²) in [4.78, 5) is 31.8. The zero-order valence-corrected chi connectivity index (χ0v) is 13.3. The fourth-order valence-corrected chi connectivity index (χ4v) is 3.41. The molecule has 0 radical (unpaired) electrons. The van der Waals surface area contributed by atoms with Crippen LogP contribution in [0.1, 0.15) is 31.4 Å². The van der Waals surface area contributed by atoms with Crippen molar-refractivity contribution in [3.05, 3.63) is 17.8 Å². The smallest absolute Gasteiger partial charge is 0.324 e. The first-order valence-electron chi connectivity index (χ1n) is 7.64. The van der Waals surface area contributed by atoms with Crippen LogP contribution in [0.3, 0.4) is 0 Å². The highest BCUT2D eigenvalue weighted by atomic mass is 16.4. The molecule has 3 amide bonds. The standard InChI is InChI=1S/C15H22N4O3/c1-10-7-16-12(22-10)9-19-6-4-5-11(8-19)15(2)13(20)18(3)14(21)17-15/h7,11H,4-6,8-9H2,1-3H3,(H,17,21)/t11-,15-/m1/s1. The molecule has 0 bridgehead atoms. The Hall–Kier alpha value is -1.89. The van der Waals surface area contributed by atoms with Crippen LogP contribution in [0, 0.1) is 12.8 Å². The molecule has 7 heteroatoms. The van der Waals surface area contributed by atoms with Gasteiger partial charge in [0.05, 0.1) is 12.7 Å². The van der Waals surface area contributed by atoms with Gasteiger partial charge in [-0.2, -0.15) is 0 Å². The number of rotatable bonds is 3. The summed E-state index contributed by atoms with van der Waals surface area (Å²) >= 11 is 0. The van der Waals surface area contributed by atoms with Crippen LogP contribution < -0.4 is 5.32 Å². The molecule has 120 valence electrons. The number of nitrogens with zero attached hydrogens (tertiary/aromatic N) is 3. The van der Waals surface area contributed by atoms with Crippen molar-refractivity contribution in [2.24, 2.45) is 5.92 Å². The molecule has 2 aliphatic rings.